The summed E-state index contributed by atoms with van der Waals surface area (Å²) in [5.41, 5.74) is 0.840. The Kier molecular flexibility index (Phi) is 6.11. The molecular weight excluding hydrogens is 272 g/mol. The molecule has 19 heavy (non-hydrogen) atoms. The molecule has 0 heterocycles. The maximum atomic E-state index is 11.3. The molecule has 1 aromatic carbocycles. The molecule has 0 saturated heterocycles. The van der Waals surface area contributed by atoms with E-state index in [4.69, 9.17) is 16.7 Å². The van der Waals surface area contributed by atoms with Gasteiger partial charge in [0.05, 0.1) is 17.3 Å². The molecule has 2 amide bonds. The lowest BCUT2D eigenvalue weighted by molar-refractivity contribution is -0.115. The molecule has 1 aromatic rings. The van der Waals surface area contributed by atoms with Crippen molar-refractivity contribution in [1.82, 2.24) is 0 Å². The number of nitrogens with one attached hydrogen (secondary N) is 2. The number of carbonyl (C=O) groups is 2. The number of benzene rings is 1. The first kappa shape index (κ1) is 15.3. The second-order valence-electron chi connectivity index (χ2n) is 3.58. The van der Waals surface area contributed by atoms with E-state index in [0.717, 1.165) is 0 Å². The van der Waals surface area contributed by atoms with Crippen LogP contribution in [0.5, 0.6) is 0 Å². The summed E-state index contributed by atoms with van der Waals surface area (Å²) in [5, 5.41) is 13.9. The number of ether oxygens (including phenoxy) is 1. The number of amides is 2. The Morgan fingerprint density at radius 1 is 1.37 bits per heavy atom. The highest BCUT2D eigenvalue weighted by Gasteiger charge is 2.08. The van der Waals surface area contributed by atoms with Crippen LogP contribution in [0.3, 0.4) is 0 Å². The number of hydrogen-bond acceptors (Lipinski definition) is 4. The van der Waals surface area contributed by atoms with Crippen LogP contribution in [0.2, 0.25) is 5.02 Å². The van der Waals surface area contributed by atoms with Crippen LogP contribution in [0.4, 0.5) is 16.2 Å². The molecule has 0 fully saturated rings. The minimum Gasteiger partial charge on any atom is -0.447 e. The van der Waals surface area contributed by atoms with Gasteiger partial charge >= 0.3 is 6.09 Å². The van der Waals surface area contributed by atoms with Crippen LogP contribution < -0.4 is 10.6 Å². The number of carbonyl (C=O) groups excluding carboxylic acids is 2. The van der Waals surface area contributed by atoms with Gasteiger partial charge in [-0.1, -0.05) is 18.5 Å². The Bertz CT molecular complexity index is 465. The van der Waals surface area contributed by atoms with Gasteiger partial charge < -0.3 is 15.2 Å². The SMILES string of the molecule is CCC(=O)Nc1ccc(Cl)c(NC(=O)OCCO)c1. The zero-order valence-electron chi connectivity index (χ0n) is 10.4. The molecule has 0 saturated carbocycles. The van der Waals surface area contributed by atoms with Crippen LogP contribution in [-0.2, 0) is 9.53 Å². The smallest absolute Gasteiger partial charge is 0.411 e. The molecule has 0 bridgehead atoms. The van der Waals surface area contributed by atoms with Gasteiger partial charge in [-0.2, -0.15) is 0 Å². The summed E-state index contributed by atoms with van der Waals surface area (Å²) < 4.78 is 4.65. The normalized spacial score (nSPS) is 9.84. The monoisotopic (exact) mass is 286 g/mol. The van der Waals surface area contributed by atoms with Gasteiger partial charge in [-0.05, 0) is 18.2 Å². The highest BCUT2D eigenvalue weighted by molar-refractivity contribution is 6.33. The summed E-state index contributed by atoms with van der Waals surface area (Å²) in [6.45, 7) is 1.38. The second kappa shape index (κ2) is 7.60. The van der Waals surface area contributed by atoms with Crippen molar-refractivity contribution in [1.29, 1.82) is 0 Å². The molecule has 3 N–H and O–H groups in total. The van der Waals surface area contributed by atoms with E-state index in [-0.39, 0.29) is 19.1 Å². The summed E-state index contributed by atoms with van der Waals surface area (Å²) in [5.74, 6) is -0.142. The van der Waals surface area contributed by atoms with Gasteiger partial charge in [-0.25, -0.2) is 4.79 Å². The number of hydrogen-bond donors (Lipinski definition) is 3. The fourth-order valence-corrected chi connectivity index (χ4v) is 1.40. The van der Waals surface area contributed by atoms with Crippen LogP contribution >= 0.6 is 11.6 Å². The summed E-state index contributed by atoms with van der Waals surface area (Å²) >= 11 is 5.91. The highest BCUT2D eigenvalue weighted by atomic mass is 35.5. The van der Waals surface area contributed by atoms with Crippen molar-refractivity contribution >= 4 is 35.0 Å². The number of aliphatic hydroxyl groups is 1. The van der Waals surface area contributed by atoms with Gasteiger partial charge in [0, 0.05) is 12.1 Å². The zero-order chi connectivity index (χ0) is 14.3. The first-order chi connectivity index (χ1) is 9.06. The molecule has 7 heteroatoms. The Hall–Kier alpha value is -1.79. The molecule has 0 aromatic heterocycles. The Morgan fingerprint density at radius 2 is 2.11 bits per heavy atom. The maximum absolute atomic E-state index is 11.3. The van der Waals surface area contributed by atoms with Crippen molar-refractivity contribution < 1.29 is 19.4 Å². The van der Waals surface area contributed by atoms with Gasteiger partial charge in [-0.3, -0.25) is 10.1 Å². The van der Waals surface area contributed by atoms with E-state index in [2.05, 4.69) is 15.4 Å². The molecule has 0 unspecified atom stereocenters. The Morgan fingerprint density at radius 3 is 2.74 bits per heavy atom. The second-order valence-corrected chi connectivity index (χ2v) is 3.99. The Balaban J connectivity index is 2.74. The van der Waals surface area contributed by atoms with Crippen LogP contribution in [-0.4, -0.2) is 30.3 Å². The highest BCUT2D eigenvalue weighted by Crippen LogP contribution is 2.25. The molecule has 0 atom stereocenters. The molecule has 0 aliphatic carbocycles. The predicted molar refractivity (Wildman–Crippen MR) is 72.4 cm³/mol. The van der Waals surface area contributed by atoms with Gasteiger partial charge in [0.25, 0.3) is 0 Å². The first-order valence-corrected chi connectivity index (χ1v) is 6.08. The Labute approximate surface area is 115 Å². The zero-order valence-corrected chi connectivity index (χ0v) is 11.2. The summed E-state index contributed by atoms with van der Waals surface area (Å²) in [6.07, 6.45) is -0.376. The van der Waals surface area contributed by atoms with E-state index < -0.39 is 6.09 Å². The standard InChI is InChI=1S/C12H15ClN2O4/c1-2-11(17)14-8-3-4-9(13)10(7-8)15-12(18)19-6-5-16/h3-4,7,16H,2,5-6H2,1H3,(H,14,17)(H,15,18). The minimum atomic E-state index is -0.727. The predicted octanol–water partition coefficient (Wildman–Crippen LogP) is 2.23. The summed E-state index contributed by atoms with van der Waals surface area (Å²) in [7, 11) is 0. The number of anilines is 2. The third-order valence-electron chi connectivity index (χ3n) is 2.13. The average Bonchev–Trinajstić information content (AvgIpc) is 2.40. The van der Waals surface area contributed by atoms with E-state index in [1.54, 1.807) is 19.1 Å². The lowest BCUT2D eigenvalue weighted by Crippen LogP contribution is -2.16. The molecule has 104 valence electrons. The molecule has 0 aliphatic rings. The van der Waals surface area contributed by atoms with E-state index in [1.807, 2.05) is 0 Å². The number of aliphatic hydroxyl groups excluding tert-OH is 1. The molecule has 1 rings (SSSR count). The van der Waals surface area contributed by atoms with Gasteiger partial charge in [-0.15, -0.1) is 0 Å². The van der Waals surface area contributed by atoms with Crippen molar-refractivity contribution in [2.75, 3.05) is 23.8 Å². The van der Waals surface area contributed by atoms with E-state index in [1.165, 1.54) is 6.07 Å². The van der Waals surface area contributed by atoms with Crippen LogP contribution in [0.25, 0.3) is 0 Å². The van der Waals surface area contributed by atoms with E-state index >= 15 is 0 Å². The molecular formula is C12H15ClN2O4. The lowest BCUT2D eigenvalue weighted by Gasteiger charge is -2.10. The molecule has 0 aliphatic heterocycles. The summed E-state index contributed by atoms with van der Waals surface area (Å²) in [4.78, 5) is 22.6. The molecule has 0 spiro atoms. The van der Waals surface area contributed by atoms with Gasteiger partial charge in [0.15, 0.2) is 0 Å². The van der Waals surface area contributed by atoms with Crippen molar-refractivity contribution in [3.63, 3.8) is 0 Å². The molecule has 6 nitrogen and oxygen atoms in total. The van der Waals surface area contributed by atoms with Crippen molar-refractivity contribution in [3.8, 4) is 0 Å². The van der Waals surface area contributed by atoms with Gasteiger partial charge in [0.1, 0.15) is 6.61 Å². The quantitative estimate of drug-likeness (QED) is 0.774. The third kappa shape index (κ3) is 5.15. The fourth-order valence-electron chi connectivity index (χ4n) is 1.23. The lowest BCUT2D eigenvalue weighted by atomic mass is 10.2. The first-order valence-electron chi connectivity index (χ1n) is 5.70. The van der Waals surface area contributed by atoms with Gasteiger partial charge in [0.2, 0.25) is 5.91 Å². The van der Waals surface area contributed by atoms with Crippen LogP contribution in [0.15, 0.2) is 18.2 Å². The minimum absolute atomic E-state index is 0.101. The van der Waals surface area contributed by atoms with Crippen molar-refractivity contribution in [2.24, 2.45) is 0 Å². The topological polar surface area (TPSA) is 87.7 Å². The fraction of sp³-hybridized carbons (Fsp3) is 0.333. The average molecular weight is 287 g/mol. The molecule has 0 radical (unpaired) electrons. The number of halogens is 1. The largest absolute Gasteiger partial charge is 0.447 e. The summed E-state index contributed by atoms with van der Waals surface area (Å²) in [6, 6.07) is 4.70. The van der Waals surface area contributed by atoms with E-state index in [9.17, 15) is 9.59 Å². The van der Waals surface area contributed by atoms with Crippen molar-refractivity contribution in [2.45, 2.75) is 13.3 Å². The number of rotatable bonds is 5. The van der Waals surface area contributed by atoms with Crippen LogP contribution in [0.1, 0.15) is 13.3 Å². The van der Waals surface area contributed by atoms with Crippen molar-refractivity contribution in [3.05, 3.63) is 23.2 Å². The van der Waals surface area contributed by atoms with E-state index in [0.29, 0.717) is 22.8 Å². The van der Waals surface area contributed by atoms with Crippen LogP contribution in [0, 0.1) is 0 Å². The third-order valence-corrected chi connectivity index (χ3v) is 2.46. The maximum Gasteiger partial charge on any atom is 0.411 e.